The predicted octanol–water partition coefficient (Wildman–Crippen LogP) is -2.07. The van der Waals surface area contributed by atoms with Crippen LogP contribution in [0.15, 0.2) is 16.5 Å². The Morgan fingerprint density at radius 3 is 2.17 bits per heavy atom. The number of nitrogens with two attached hydrogens (primary N) is 1. The molecule has 1 fully saturated rings. The third-order valence-corrected chi connectivity index (χ3v) is 5.25. The van der Waals surface area contributed by atoms with Crippen molar-refractivity contribution in [3.8, 4) is 0 Å². The second kappa shape index (κ2) is 9.96. The summed E-state index contributed by atoms with van der Waals surface area (Å²) in [7, 11) is 7.05. The Morgan fingerprint density at radius 2 is 1.71 bits per heavy atom. The van der Waals surface area contributed by atoms with Crippen LogP contribution in [-0.4, -0.2) is 111 Å². The number of rotatable bonds is 8. The maximum absolute atomic E-state index is 13.6. The molecule has 0 aliphatic carbocycles. The standard InChI is InChI=1S/C19H26N6O10/c1-8(21-22-17(20)30)11(15(28)34-7)35-19-10(14(27)33-6)9(13(26)32-5)12(23(2)3)25(19)18(31)24(4)16(19)29/h10-11H,1-7H3,(H3,20,22,30)/b21-8+. The van der Waals surface area contributed by atoms with Crippen LogP contribution in [0.2, 0.25) is 0 Å². The summed E-state index contributed by atoms with van der Waals surface area (Å²) in [5.74, 6) is -6.49. The normalized spacial score (nSPS) is 22.6. The van der Waals surface area contributed by atoms with Gasteiger partial charge in [-0.05, 0) is 6.92 Å². The lowest BCUT2D eigenvalue weighted by Crippen LogP contribution is -2.60. The van der Waals surface area contributed by atoms with Gasteiger partial charge in [-0.3, -0.25) is 14.5 Å². The number of hydrazone groups is 1. The molecule has 16 nitrogen and oxygen atoms in total. The minimum atomic E-state index is -2.62. The van der Waals surface area contributed by atoms with Crippen LogP contribution in [0.5, 0.6) is 0 Å². The molecule has 3 N–H and O–H groups in total. The summed E-state index contributed by atoms with van der Waals surface area (Å²) < 4.78 is 20.3. The molecule has 3 unspecified atom stereocenters. The number of primary amides is 1. The Morgan fingerprint density at radius 1 is 1.11 bits per heavy atom. The molecular formula is C19H26N6O10. The SMILES string of the molecule is COC(=O)C1=C(N(C)C)N2C(=O)N(C)C(=O)C2(OC(C(=O)OC)/C(C)=N/NC(N)=O)C1C(=O)OC. The highest BCUT2D eigenvalue weighted by molar-refractivity contribution is 6.14. The molecule has 0 saturated carbocycles. The van der Waals surface area contributed by atoms with E-state index < -0.39 is 59.2 Å². The third-order valence-electron chi connectivity index (χ3n) is 5.25. The maximum Gasteiger partial charge on any atom is 0.341 e. The molecule has 0 spiro atoms. The molecule has 2 rings (SSSR count). The van der Waals surface area contributed by atoms with Gasteiger partial charge in [0.2, 0.25) is 0 Å². The van der Waals surface area contributed by atoms with Crippen LogP contribution in [0.4, 0.5) is 9.59 Å². The number of imide groups is 1. The van der Waals surface area contributed by atoms with Gasteiger partial charge in [0.1, 0.15) is 5.82 Å². The van der Waals surface area contributed by atoms with E-state index in [0.29, 0.717) is 4.90 Å². The van der Waals surface area contributed by atoms with Crippen molar-refractivity contribution in [1.29, 1.82) is 0 Å². The minimum Gasteiger partial charge on any atom is -0.468 e. The molecule has 16 heteroatoms. The van der Waals surface area contributed by atoms with Crippen molar-refractivity contribution in [3.63, 3.8) is 0 Å². The maximum atomic E-state index is 13.6. The summed E-state index contributed by atoms with van der Waals surface area (Å²) in [4.78, 5) is 79.0. The van der Waals surface area contributed by atoms with Crippen LogP contribution in [-0.2, 0) is 38.1 Å². The summed E-state index contributed by atoms with van der Waals surface area (Å²) >= 11 is 0. The van der Waals surface area contributed by atoms with Gasteiger partial charge in [-0.25, -0.2) is 29.5 Å². The van der Waals surface area contributed by atoms with Crippen LogP contribution in [0, 0.1) is 5.92 Å². The Kier molecular flexibility index (Phi) is 7.69. The number of amides is 5. The van der Waals surface area contributed by atoms with E-state index in [9.17, 15) is 28.8 Å². The van der Waals surface area contributed by atoms with Gasteiger partial charge in [-0.1, -0.05) is 0 Å². The molecule has 0 aromatic rings. The fraction of sp³-hybridized carbons (Fsp3) is 0.526. The van der Waals surface area contributed by atoms with Crippen molar-refractivity contribution < 1.29 is 47.7 Å². The molecule has 2 heterocycles. The summed E-state index contributed by atoms with van der Waals surface area (Å²) in [6.45, 7) is 1.23. The molecule has 5 amide bonds. The van der Waals surface area contributed by atoms with Crippen molar-refractivity contribution >= 4 is 41.6 Å². The number of urea groups is 2. The first-order chi connectivity index (χ1) is 16.3. The Labute approximate surface area is 199 Å². The van der Waals surface area contributed by atoms with Crippen LogP contribution in [0.25, 0.3) is 0 Å². The number of fused-ring (bicyclic) bond motifs is 1. The molecule has 0 aromatic heterocycles. The van der Waals surface area contributed by atoms with E-state index in [2.05, 4.69) is 5.10 Å². The topological polar surface area (TPSA) is 199 Å². The number of esters is 3. The van der Waals surface area contributed by atoms with E-state index >= 15 is 0 Å². The van der Waals surface area contributed by atoms with E-state index in [0.717, 1.165) is 33.3 Å². The van der Waals surface area contributed by atoms with E-state index in [-0.39, 0.29) is 11.5 Å². The number of nitrogens with one attached hydrogen (secondary N) is 1. The molecule has 1 saturated heterocycles. The molecule has 0 aromatic carbocycles. The monoisotopic (exact) mass is 498 g/mol. The zero-order valence-corrected chi connectivity index (χ0v) is 20.1. The number of nitrogens with zero attached hydrogens (tertiary/aromatic N) is 4. The Bertz CT molecular complexity index is 1040. The zero-order chi connectivity index (χ0) is 26.8. The van der Waals surface area contributed by atoms with Gasteiger partial charge in [0.05, 0.1) is 32.6 Å². The second-order valence-electron chi connectivity index (χ2n) is 7.51. The highest BCUT2D eigenvalue weighted by atomic mass is 16.6. The molecule has 2 aliphatic heterocycles. The second-order valence-corrected chi connectivity index (χ2v) is 7.51. The highest BCUT2D eigenvalue weighted by Crippen LogP contribution is 2.50. The zero-order valence-electron chi connectivity index (χ0n) is 20.1. The quantitative estimate of drug-likeness (QED) is 0.122. The first-order valence-corrected chi connectivity index (χ1v) is 9.86. The summed E-state index contributed by atoms with van der Waals surface area (Å²) in [6, 6.07) is -2.04. The van der Waals surface area contributed by atoms with Crippen LogP contribution in [0.1, 0.15) is 6.92 Å². The molecular weight excluding hydrogens is 472 g/mol. The van der Waals surface area contributed by atoms with Crippen molar-refractivity contribution in [2.24, 2.45) is 16.8 Å². The van der Waals surface area contributed by atoms with Crippen molar-refractivity contribution in [3.05, 3.63) is 11.4 Å². The minimum absolute atomic E-state index is 0.205. The van der Waals surface area contributed by atoms with Gasteiger partial charge in [-0.2, -0.15) is 5.10 Å². The number of carbonyl (C=O) groups excluding carboxylic acids is 6. The van der Waals surface area contributed by atoms with Crippen LogP contribution < -0.4 is 11.2 Å². The van der Waals surface area contributed by atoms with Gasteiger partial charge in [0.25, 0.3) is 11.6 Å². The van der Waals surface area contributed by atoms with Gasteiger partial charge in [0.15, 0.2) is 12.0 Å². The summed E-state index contributed by atoms with van der Waals surface area (Å²) in [5, 5.41) is 3.63. The predicted molar refractivity (Wildman–Crippen MR) is 114 cm³/mol. The smallest absolute Gasteiger partial charge is 0.341 e. The molecule has 35 heavy (non-hydrogen) atoms. The fourth-order valence-corrected chi connectivity index (χ4v) is 3.78. The molecule has 3 atom stereocenters. The largest absolute Gasteiger partial charge is 0.468 e. The number of carbonyl (C=O) groups is 6. The molecule has 0 radical (unpaired) electrons. The lowest BCUT2D eigenvalue weighted by Gasteiger charge is -2.36. The summed E-state index contributed by atoms with van der Waals surface area (Å²) in [6.07, 6.45) is -1.86. The lowest BCUT2D eigenvalue weighted by atomic mass is 9.89. The number of methoxy groups -OCH3 is 3. The fourth-order valence-electron chi connectivity index (χ4n) is 3.78. The van der Waals surface area contributed by atoms with Crippen LogP contribution >= 0.6 is 0 Å². The van der Waals surface area contributed by atoms with Gasteiger partial charge in [0, 0.05) is 21.1 Å². The van der Waals surface area contributed by atoms with E-state index in [1.54, 1.807) is 0 Å². The number of ether oxygens (including phenoxy) is 4. The van der Waals surface area contributed by atoms with Crippen molar-refractivity contribution in [2.75, 3.05) is 42.5 Å². The number of hydrogen-bond acceptors (Lipinski definition) is 12. The van der Waals surface area contributed by atoms with E-state index in [4.69, 9.17) is 24.7 Å². The van der Waals surface area contributed by atoms with Crippen molar-refractivity contribution in [1.82, 2.24) is 20.1 Å². The van der Waals surface area contributed by atoms with E-state index in [1.165, 1.54) is 25.9 Å². The third kappa shape index (κ3) is 4.23. The Hall–Kier alpha value is -4.21. The number of likely N-dealkylation sites (N-methyl/N-ethyl adjacent to an activating group) is 1. The van der Waals surface area contributed by atoms with Gasteiger partial charge in [-0.15, -0.1) is 0 Å². The molecule has 0 bridgehead atoms. The van der Waals surface area contributed by atoms with Crippen molar-refractivity contribution in [2.45, 2.75) is 18.8 Å². The average Bonchev–Trinajstić information content (AvgIpc) is 3.22. The Balaban J connectivity index is 2.89. The highest BCUT2D eigenvalue weighted by Gasteiger charge is 2.73. The molecule has 192 valence electrons. The lowest BCUT2D eigenvalue weighted by molar-refractivity contribution is -0.194. The summed E-state index contributed by atoms with van der Waals surface area (Å²) in [5.41, 5.74) is 3.60. The first kappa shape index (κ1) is 27.0. The van der Waals surface area contributed by atoms with E-state index in [1.807, 2.05) is 5.43 Å². The van der Waals surface area contributed by atoms with Crippen LogP contribution in [0.3, 0.4) is 0 Å². The van der Waals surface area contributed by atoms with Gasteiger partial charge >= 0.3 is 30.0 Å². The first-order valence-electron chi connectivity index (χ1n) is 9.86. The average molecular weight is 498 g/mol. The number of hydrogen-bond donors (Lipinski definition) is 2. The van der Waals surface area contributed by atoms with Gasteiger partial charge < -0.3 is 29.6 Å². The molecule has 2 aliphatic rings.